The van der Waals surface area contributed by atoms with E-state index in [2.05, 4.69) is 79.2 Å². The molecular weight excluding hydrogens is 282 g/mol. The number of hydrogen-bond acceptors (Lipinski definition) is 3. The van der Waals surface area contributed by atoms with Crippen molar-refractivity contribution in [2.24, 2.45) is 5.92 Å². The summed E-state index contributed by atoms with van der Waals surface area (Å²) in [4.78, 5) is 9.55. The fourth-order valence-corrected chi connectivity index (χ4v) is 3.07. The van der Waals surface area contributed by atoms with Gasteiger partial charge >= 0.3 is 0 Å². The van der Waals surface area contributed by atoms with E-state index in [0.29, 0.717) is 11.8 Å². The molecule has 3 rings (SSSR count). The van der Waals surface area contributed by atoms with Gasteiger partial charge in [-0.1, -0.05) is 45.0 Å². The minimum Gasteiger partial charge on any atom is -0.368 e. The first-order chi connectivity index (χ1) is 11.1. The van der Waals surface area contributed by atoms with Crippen molar-refractivity contribution in [2.75, 3.05) is 36.0 Å². The Bertz CT molecular complexity index is 599. The third kappa shape index (κ3) is 3.66. The molecule has 1 saturated heterocycles. The van der Waals surface area contributed by atoms with Gasteiger partial charge in [0.1, 0.15) is 5.82 Å². The van der Waals surface area contributed by atoms with Gasteiger partial charge in [0, 0.05) is 38.1 Å². The Labute approximate surface area is 140 Å². The smallest absolute Gasteiger partial charge is 0.128 e. The van der Waals surface area contributed by atoms with Gasteiger partial charge in [-0.3, -0.25) is 0 Å². The minimum atomic E-state index is 0.562. The molecule has 0 spiro atoms. The number of pyridine rings is 1. The Kier molecular flexibility index (Phi) is 4.85. The highest BCUT2D eigenvalue weighted by Crippen LogP contribution is 2.25. The lowest BCUT2D eigenvalue weighted by Gasteiger charge is -2.36. The van der Waals surface area contributed by atoms with Crippen LogP contribution in [-0.4, -0.2) is 31.2 Å². The lowest BCUT2D eigenvalue weighted by molar-refractivity contribution is 0.533. The standard InChI is InChI=1S/C20H27N3/c1-16(2)17(3)18-9-10-20(21-15-18)23-13-11-22(12-14-23)19-7-5-4-6-8-19/h4-10,15-17H,11-14H2,1-3H3/t17-/m0/s1. The summed E-state index contributed by atoms with van der Waals surface area (Å²) in [5, 5.41) is 0. The highest BCUT2D eigenvalue weighted by Gasteiger charge is 2.18. The number of nitrogens with zero attached hydrogens (tertiary/aromatic N) is 3. The van der Waals surface area contributed by atoms with Gasteiger partial charge in [0.05, 0.1) is 0 Å². The number of anilines is 2. The summed E-state index contributed by atoms with van der Waals surface area (Å²) in [5.41, 5.74) is 2.66. The van der Waals surface area contributed by atoms with E-state index in [1.54, 1.807) is 0 Å². The van der Waals surface area contributed by atoms with Crippen LogP contribution in [0.2, 0.25) is 0 Å². The quantitative estimate of drug-likeness (QED) is 0.845. The van der Waals surface area contributed by atoms with Crippen LogP contribution in [0.4, 0.5) is 11.5 Å². The normalized spacial score (nSPS) is 16.7. The van der Waals surface area contributed by atoms with Gasteiger partial charge < -0.3 is 9.80 Å². The van der Waals surface area contributed by atoms with Crippen LogP contribution in [0.3, 0.4) is 0 Å². The predicted octanol–water partition coefficient (Wildman–Crippen LogP) is 4.17. The monoisotopic (exact) mass is 309 g/mol. The third-order valence-corrected chi connectivity index (χ3v) is 5.02. The molecule has 1 aromatic heterocycles. The minimum absolute atomic E-state index is 0.562. The van der Waals surface area contributed by atoms with Crippen molar-refractivity contribution in [1.82, 2.24) is 4.98 Å². The number of rotatable bonds is 4. The van der Waals surface area contributed by atoms with Crippen molar-refractivity contribution in [3.05, 3.63) is 54.2 Å². The molecule has 0 saturated carbocycles. The Morgan fingerprint density at radius 2 is 1.48 bits per heavy atom. The maximum absolute atomic E-state index is 4.71. The van der Waals surface area contributed by atoms with E-state index in [-0.39, 0.29) is 0 Å². The van der Waals surface area contributed by atoms with E-state index >= 15 is 0 Å². The first kappa shape index (κ1) is 15.9. The largest absolute Gasteiger partial charge is 0.368 e. The van der Waals surface area contributed by atoms with Crippen LogP contribution in [0.5, 0.6) is 0 Å². The van der Waals surface area contributed by atoms with Crippen LogP contribution in [0.15, 0.2) is 48.7 Å². The molecule has 122 valence electrons. The third-order valence-electron chi connectivity index (χ3n) is 5.02. The lowest BCUT2D eigenvalue weighted by atomic mass is 9.91. The van der Waals surface area contributed by atoms with Gasteiger partial charge in [0.2, 0.25) is 0 Å². The molecule has 0 unspecified atom stereocenters. The van der Waals surface area contributed by atoms with Crippen molar-refractivity contribution in [1.29, 1.82) is 0 Å². The maximum atomic E-state index is 4.71. The molecule has 2 aromatic rings. The maximum Gasteiger partial charge on any atom is 0.128 e. The SMILES string of the molecule is CC(C)[C@H](C)c1ccc(N2CCN(c3ccccc3)CC2)nc1. The lowest BCUT2D eigenvalue weighted by Crippen LogP contribution is -2.46. The molecule has 3 heteroatoms. The van der Waals surface area contributed by atoms with Crippen LogP contribution in [0, 0.1) is 5.92 Å². The van der Waals surface area contributed by atoms with Crippen LogP contribution in [0.25, 0.3) is 0 Å². The number of aromatic nitrogens is 1. The van der Waals surface area contributed by atoms with Crippen LogP contribution < -0.4 is 9.80 Å². The molecule has 23 heavy (non-hydrogen) atoms. The van der Waals surface area contributed by atoms with E-state index in [1.165, 1.54) is 11.3 Å². The van der Waals surface area contributed by atoms with Crippen molar-refractivity contribution < 1.29 is 0 Å². The van der Waals surface area contributed by atoms with E-state index in [0.717, 1.165) is 32.0 Å². The number of benzene rings is 1. The summed E-state index contributed by atoms with van der Waals surface area (Å²) in [6.45, 7) is 11.0. The van der Waals surface area contributed by atoms with Gasteiger partial charge in [-0.25, -0.2) is 4.98 Å². The highest BCUT2D eigenvalue weighted by molar-refractivity contribution is 5.49. The molecule has 2 heterocycles. The molecule has 3 nitrogen and oxygen atoms in total. The molecule has 0 radical (unpaired) electrons. The van der Waals surface area contributed by atoms with Crippen molar-refractivity contribution in [3.8, 4) is 0 Å². The van der Waals surface area contributed by atoms with Crippen molar-refractivity contribution in [3.63, 3.8) is 0 Å². The second-order valence-electron chi connectivity index (χ2n) is 6.79. The summed E-state index contributed by atoms with van der Waals surface area (Å²) in [7, 11) is 0. The second kappa shape index (κ2) is 7.03. The van der Waals surface area contributed by atoms with Gasteiger partial charge in [-0.2, -0.15) is 0 Å². The first-order valence-corrected chi connectivity index (χ1v) is 8.66. The molecule has 1 atom stereocenters. The number of para-hydroxylation sites is 1. The molecule has 1 aromatic carbocycles. The molecule has 0 aliphatic carbocycles. The van der Waals surface area contributed by atoms with Crippen LogP contribution in [0.1, 0.15) is 32.3 Å². The zero-order chi connectivity index (χ0) is 16.2. The van der Waals surface area contributed by atoms with Gasteiger partial charge in [-0.15, -0.1) is 0 Å². The molecule has 1 aliphatic rings. The van der Waals surface area contributed by atoms with Gasteiger partial charge in [0.25, 0.3) is 0 Å². The molecule has 0 amide bonds. The van der Waals surface area contributed by atoms with Crippen molar-refractivity contribution >= 4 is 11.5 Å². The van der Waals surface area contributed by atoms with E-state index in [1.807, 2.05) is 0 Å². The Hall–Kier alpha value is -2.03. The fraction of sp³-hybridized carbons (Fsp3) is 0.450. The first-order valence-electron chi connectivity index (χ1n) is 8.66. The van der Waals surface area contributed by atoms with E-state index in [4.69, 9.17) is 4.98 Å². The predicted molar refractivity (Wildman–Crippen MR) is 98.4 cm³/mol. The summed E-state index contributed by atoms with van der Waals surface area (Å²) in [5.74, 6) is 2.32. The van der Waals surface area contributed by atoms with Crippen LogP contribution >= 0.6 is 0 Å². The Balaban J connectivity index is 1.61. The van der Waals surface area contributed by atoms with Crippen molar-refractivity contribution in [2.45, 2.75) is 26.7 Å². The molecule has 0 bridgehead atoms. The van der Waals surface area contributed by atoms with E-state index in [9.17, 15) is 0 Å². The second-order valence-corrected chi connectivity index (χ2v) is 6.79. The zero-order valence-electron chi connectivity index (χ0n) is 14.4. The Morgan fingerprint density at radius 3 is 2.04 bits per heavy atom. The van der Waals surface area contributed by atoms with E-state index < -0.39 is 0 Å². The molecule has 1 fully saturated rings. The summed E-state index contributed by atoms with van der Waals surface area (Å²) >= 11 is 0. The van der Waals surface area contributed by atoms with Crippen LogP contribution in [-0.2, 0) is 0 Å². The average molecular weight is 309 g/mol. The zero-order valence-corrected chi connectivity index (χ0v) is 14.4. The molecule has 1 aliphatic heterocycles. The van der Waals surface area contributed by atoms with Gasteiger partial charge in [-0.05, 0) is 35.6 Å². The Morgan fingerprint density at radius 1 is 0.826 bits per heavy atom. The average Bonchev–Trinajstić information content (AvgIpc) is 2.62. The van der Waals surface area contributed by atoms with Gasteiger partial charge in [0.15, 0.2) is 0 Å². The number of hydrogen-bond donors (Lipinski definition) is 0. The highest BCUT2D eigenvalue weighted by atomic mass is 15.3. The fourth-order valence-electron chi connectivity index (χ4n) is 3.07. The topological polar surface area (TPSA) is 19.4 Å². The summed E-state index contributed by atoms with van der Waals surface area (Å²) < 4.78 is 0. The molecular formula is C20H27N3. The summed E-state index contributed by atoms with van der Waals surface area (Å²) in [6.07, 6.45) is 2.06. The number of piperazine rings is 1. The summed E-state index contributed by atoms with van der Waals surface area (Å²) in [6, 6.07) is 15.1. The molecule has 0 N–H and O–H groups in total.